The minimum absolute atomic E-state index is 0.540. The fourth-order valence-electron chi connectivity index (χ4n) is 1.54. The molecular weight excluding hydrogens is 210 g/mol. The molecule has 0 bridgehead atoms. The van der Waals surface area contributed by atoms with Crippen LogP contribution in [0.4, 0.5) is 5.69 Å². The van der Waals surface area contributed by atoms with Gasteiger partial charge in [-0.2, -0.15) is 0 Å². The number of aryl methyl sites for hydroxylation is 1. The number of nitrogens with zero attached hydrogens (tertiary/aromatic N) is 1. The van der Waals surface area contributed by atoms with Gasteiger partial charge in [-0.3, -0.25) is 4.98 Å². The SMILES string of the molecule is Cc1ccc(NCc2ccc(CN)cn2)cc1. The Labute approximate surface area is 102 Å². The van der Waals surface area contributed by atoms with Crippen molar-refractivity contribution < 1.29 is 0 Å². The molecule has 17 heavy (non-hydrogen) atoms. The van der Waals surface area contributed by atoms with Crippen molar-refractivity contribution in [3.8, 4) is 0 Å². The van der Waals surface area contributed by atoms with Crippen LogP contribution in [-0.4, -0.2) is 4.98 Å². The van der Waals surface area contributed by atoms with Crippen molar-refractivity contribution in [3.63, 3.8) is 0 Å². The predicted octanol–water partition coefficient (Wildman–Crippen LogP) is 2.46. The topological polar surface area (TPSA) is 50.9 Å². The quantitative estimate of drug-likeness (QED) is 0.843. The number of aromatic nitrogens is 1. The number of nitrogens with two attached hydrogens (primary N) is 1. The lowest BCUT2D eigenvalue weighted by Crippen LogP contribution is -2.03. The second kappa shape index (κ2) is 5.46. The van der Waals surface area contributed by atoms with Crippen molar-refractivity contribution in [2.24, 2.45) is 5.73 Å². The highest BCUT2D eigenvalue weighted by Gasteiger charge is 1.96. The van der Waals surface area contributed by atoms with Gasteiger partial charge in [0.2, 0.25) is 0 Å². The Morgan fingerprint density at radius 1 is 1.12 bits per heavy atom. The largest absolute Gasteiger partial charge is 0.379 e. The molecule has 0 aliphatic rings. The second-order valence-corrected chi connectivity index (χ2v) is 4.08. The molecule has 3 nitrogen and oxygen atoms in total. The number of nitrogens with one attached hydrogen (secondary N) is 1. The number of benzene rings is 1. The highest BCUT2D eigenvalue weighted by Crippen LogP contribution is 2.10. The molecule has 1 heterocycles. The van der Waals surface area contributed by atoms with Crippen LogP contribution in [0.5, 0.6) is 0 Å². The highest BCUT2D eigenvalue weighted by molar-refractivity contribution is 5.44. The summed E-state index contributed by atoms with van der Waals surface area (Å²) in [5, 5.41) is 3.33. The van der Waals surface area contributed by atoms with Gasteiger partial charge in [-0.05, 0) is 30.7 Å². The highest BCUT2D eigenvalue weighted by atomic mass is 14.9. The van der Waals surface area contributed by atoms with Gasteiger partial charge in [0, 0.05) is 18.4 Å². The molecule has 0 saturated heterocycles. The molecule has 0 amide bonds. The van der Waals surface area contributed by atoms with E-state index in [1.54, 1.807) is 0 Å². The van der Waals surface area contributed by atoms with Crippen LogP contribution in [0.25, 0.3) is 0 Å². The summed E-state index contributed by atoms with van der Waals surface area (Å²) in [6.45, 7) is 3.35. The van der Waals surface area contributed by atoms with Crippen LogP contribution in [0.3, 0.4) is 0 Å². The van der Waals surface area contributed by atoms with E-state index in [1.807, 2.05) is 18.3 Å². The van der Waals surface area contributed by atoms with Crippen molar-refractivity contribution >= 4 is 5.69 Å². The van der Waals surface area contributed by atoms with Gasteiger partial charge in [0.25, 0.3) is 0 Å². The zero-order valence-corrected chi connectivity index (χ0v) is 9.98. The number of hydrogen-bond acceptors (Lipinski definition) is 3. The minimum atomic E-state index is 0.540. The standard InChI is InChI=1S/C14H17N3/c1-11-2-5-13(6-3-11)17-10-14-7-4-12(8-15)9-16-14/h2-7,9,17H,8,10,15H2,1H3. The first-order valence-electron chi connectivity index (χ1n) is 5.72. The summed E-state index contributed by atoms with van der Waals surface area (Å²) < 4.78 is 0. The molecule has 0 radical (unpaired) electrons. The molecule has 0 atom stereocenters. The molecule has 1 aromatic heterocycles. The Kier molecular flexibility index (Phi) is 3.73. The Morgan fingerprint density at radius 3 is 2.47 bits per heavy atom. The first kappa shape index (κ1) is 11.6. The van der Waals surface area contributed by atoms with Crippen molar-refractivity contribution in [1.29, 1.82) is 0 Å². The van der Waals surface area contributed by atoms with Gasteiger partial charge in [0.15, 0.2) is 0 Å². The van der Waals surface area contributed by atoms with E-state index in [-0.39, 0.29) is 0 Å². The molecule has 0 unspecified atom stereocenters. The van der Waals surface area contributed by atoms with Gasteiger partial charge in [0.1, 0.15) is 0 Å². The fraction of sp³-hybridized carbons (Fsp3) is 0.214. The molecule has 88 valence electrons. The molecule has 2 aromatic rings. The average molecular weight is 227 g/mol. The third-order valence-electron chi connectivity index (χ3n) is 2.65. The third kappa shape index (κ3) is 3.29. The van der Waals surface area contributed by atoms with Crippen LogP contribution < -0.4 is 11.1 Å². The maximum Gasteiger partial charge on any atom is 0.0594 e. The van der Waals surface area contributed by atoms with Crippen LogP contribution in [0.15, 0.2) is 42.6 Å². The molecule has 0 aliphatic heterocycles. The lowest BCUT2D eigenvalue weighted by atomic mass is 10.2. The van der Waals surface area contributed by atoms with Gasteiger partial charge in [0.05, 0.1) is 12.2 Å². The molecule has 2 rings (SSSR count). The lowest BCUT2D eigenvalue weighted by molar-refractivity contribution is 0.994. The average Bonchev–Trinajstić information content (AvgIpc) is 2.39. The lowest BCUT2D eigenvalue weighted by Gasteiger charge is -2.06. The summed E-state index contributed by atoms with van der Waals surface area (Å²) >= 11 is 0. The van der Waals surface area contributed by atoms with Gasteiger partial charge in [-0.25, -0.2) is 0 Å². The fourth-order valence-corrected chi connectivity index (χ4v) is 1.54. The monoisotopic (exact) mass is 227 g/mol. The molecule has 0 aliphatic carbocycles. The van der Waals surface area contributed by atoms with Crippen molar-refractivity contribution in [3.05, 3.63) is 59.4 Å². The number of rotatable bonds is 4. The van der Waals surface area contributed by atoms with Crippen LogP contribution in [0.2, 0.25) is 0 Å². The van der Waals surface area contributed by atoms with E-state index in [4.69, 9.17) is 5.73 Å². The minimum Gasteiger partial charge on any atom is -0.379 e. The van der Waals surface area contributed by atoms with Crippen LogP contribution in [0, 0.1) is 6.92 Å². The molecule has 0 saturated carbocycles. The first-order chi connectivity index (χ1) is 8.28. The summed E-state index contributed by atoms with van der Waals surface area (Å²) in [4.78, 5) is 4.34. The number of anilines is 1. The van der Waals surface area contributed by atoms with E-state index < -0.39 is 0 Å². The first-order valence-corrected chi connectivity index (χ1v) is 5.72. The Hall–Kier alpha value is -1.87. The summed E-state index contributed by atoms with van der Waals surface area (Å²) in [6, 6.07) is 12.3. The number of pyridine rings is 1. The van der Waals surface area contributed by atoms with E-state index >= 15 is 0 Å². The summed E-state index contributed by atoms with van der Waals surface area (Å²) in [5.74, 6) is 0. The van der Waals surface area contributed by atoms with Crippen LogP contribution in [-0.2, 0) is 13.1 Å². The molecule has 0 fully saturated rings. The van der Waals surface area contributed by atoms with Gasteiger partial charge in [-0.1, -0.05) is 23.8 Å². The summed E-state index contributed by atoms with van der Waals surface area (Å²) in [7, 11) is 0. The van der Waals surface area contributed by atoms with Crippen LogP contribution in [0.1, 0.15) is 16.8 Å². The van der Waals surface area contributed by atoms with Gasteiger partial charge >= 0.3 is 0 Å². The maximum absolute atomic E-state index is 5.52. The molecule has 0 spiro atoms. The van der Waals surface area contributed by atoms with Crippen molar-refractivity contribution in [2.45, 2.75) is 20.0 Å². The molecular formula is C14H17N3. The Balaban J connectivity index is 1.95. The zero-order valence-electron chi connectivity index (χ0n) is 9.98. The maximum atomic E-state index is 5.52. The summed E-state index contributed by atoms with van der Waals surface area (Å²) in [5.41, 5.74) is 9.98. The van der Waals surface area contributed by atoms with Crippen LogP contribution >= 0.6 is 0 Å². The normalized spacial score (nSPS) is 10.2. The van der Waals surface area contributed by atoms with Gasteiger partial charge in [-0.15, -0.1) is 0 Å². The van der Waals surface area contributed by atoms with E-state index in [0.29, 0.717) is 6.54 Å². The Morgan fingerprint density at radius 2 is 1.88 bits per heavy atom. The molecule has 3 N–H and O–H groups in total. The zero-order chi connectivity index (χ0) is 12.1. The van der Waals surface area contributed by atoms with Crippen molar-refractivity contribution in [1.82, 2.24) is 4.98 Å². The second-order valence-electron chi connectivity index (χ2n) is 4.08. The van der Waals surface area contributed by atoms with E-state index in [1.165, 1.54) is 5.56 Å². The van der Waals surface area contributed by atoms with E-state index in [0.717, 1.165) is 23.5 Å². The summed E-state index contributed by atoms with van der Waals surface area (Å²) in [6.07, 6.45) is 1.83. The smallest absolute Gasteiger partial charge is 0.0594 e. The number of hydrogen-bond donors (Lipinski definition) is 2. The molecule has 1 aromatic carbocycles. The third-order valence-corrected chi connectivity index (χ3v) is 2.65. The predicted molar refractivity (Wildman–Crippen MR) is 70.6 cm³/mol. The molecule has 3 heteroatoms. The van der Waals surface area contributed by atoms with E-state index in [9.17, 15) is 0 Å². The van der Waals surface area contributed by atoms with E-state index in [2.05, 4.69) is 41.5 Å². The Bertz CT molecular complexity index is 460. The van der Waals surface area contributed by atoms with Gasteiger partial charge < -0.3 is 11.1 Å². The van der Waals surface area contributed by atoms with Crippen molar-refractivity contribution in [2.75, 3.05) is 5.32 Å².